The second-order valence-electron chi connectivity index (χ2n) is 6.63. The minimum atomic E-state index is -0.244. The highest BCUT2D eigenvalue weighted by Gasteiger charge is 2.16. The van der Waals surface area contributed by atoms with E-state index in [-0.39, 0.29) is 11.7 Å². The third-order valence-electron chi connectivity index (χ3n) is 4.59. The fourth-order valence-electron chi connectivity index (χ4n) is 3.25. The molecule has 1 N–H and O–H groups in total. The van der Waals surface area contributed by atoms with Gasteiger partial charge >= 0.3 is 0 Å². The molecule has 2 heterocycles. The molecule has 1 amide bonds. The Morgan fingerprint density at radius 2 is 2.00 bits per heavy atom. The molecular weight excluding hydrogens is 400 g/mol. The van der Waals surface area contributed by atoms with Crippen LogP contribution in [-0.4, -0.2) is 28.7 Å². The molecule has 0 spiro atoms. The van der Waals surface area contributed by atoms with E-state index in [2.05, 4.69) is 21.4 Å². The Kier molecular flexibility index (Phi) is 5.29. The first-order valence-electron chi connectivity index (χ1n) is 9.17. The fraction of sp³-hybridized carbons (Fsp3) is 0.182. The molecule has 8 heteroatoms. The van der Waals surface area contributed by atoms with Gasteiger partial charge in [0.15, 0.2) is 0 Å². The highest BCUT2D eigenvalue weighted by Crippen LogP contribution is 2.36. The molecule has 150 valence electrons. The van der Waals surface area contributed by atoms with Crippen molar-refractivity contribution >= 4 is 45.3 Å². The van der Waals surface area contributed by atoms with E-state index in [1.165, 1.54) is 11.8 Å². The van der Waals surface area contributed by atoms with Gasteiger partial charge in [-0.3, -0.25) is 4.79 Å². The summed E-state index contributed by atoms with van der Waals surface area (Å²) < 4.78 is 11.4. The largest absolute Gasteiger partial charge is 0.495 e. The number of thioether (sulfide) groups is 1. The summed E-state index contributed by atoms with van der Waals surface area (Å²) in [4.78, 5) is 21.1. The van der Waals surface area contributed by atoms with E-state index in [9.17, 15) is 10.1 Å². The van der Waals surface area contributed by atoms with E-state index in [1.807, 2.05) is 30.3 Å². The number of ether oxygens (including phenoxy) is 1. The maximum absolute atomic E-state index is 12.6. The van der Waals surface area contributed by atoms with Crippen molar-refractivity contribution in [3.8, 4) is 11.8 Å². The number of aromatic nitrogens is 2. The average molecular weight is 418 g/mol. The molecular formula is C22H18N4O3S. The molecule has 0 unspecified atom stereocenters. The number of benzene rings is 2. The molecule has 0 radical (unpaired) electrons. The van der Waals surface area contributed by atoms with Crippen LogP contribution in [0.1, 0.15) is 17.1 Å². The lowest BCUT2D eigenvalue weighted by Crippen LogP contribution is -2.15. The van der Waals surface area contributed by atoms with Gasteiger partial charge in [0.25, 0.3) is 0 Å². The number of para-hydroxylation sites is 1. The summed E-state index contributed by atoms with van der Waals surface area (Å²) in [5.74, 6) is 0.947. The Morgan fingerprint density at radius 1 is 1.20 bits per heavy atom. The Bertz CT molecular complexity index is 1320. The average Bonchev–Trinajstić information content (AvgIpc) is 3.08. The molecule has 0 saturated carbocycles. The number of anilines is 1. The van der Waals surface area contributed by atoms with Gasteiger partial charge in [-0.2, -0.15) is 5.26 Å². The maximum atomic E-state index is 12.6. The summed E-state index contributed by atoms with van der Waals surface area (Å²) in [7, 11) is 1.56. The number of fused-ring (bicyclic) bond motifs is 3. The van der Waals surface area contributed by atoms with Gasteiger partial charge in [-0.1, -0.05) is 30.0 Å². The van der Waals surface area contributed by atoms with Crippen LogP contribution >= 0.6 is 11.8 Å². The Balaban J connectivity index is 1.57. The molecule has 4 rings (SSSR count). The molecule has 0 atom stereocenters. The monoisotopic (exact) mass is 418 g/mol. The van der Waals surface area contributed by atoms with Crippen LogP contribution in [0.5, 0.6) is 5.75 Å². The number of carbonyl (C=O) groups excluding carboxylic acids is 1. The standard InChI is InChI=1S/C22H18N4O3S/c1-12-16(10-23)22(25-13(2)24-12)30-11-21(27)26-17-9-19-15(8-20(17)28-3)14-6-4-5-7-18(14)29-19/h4-9H,11H2,1-3H3,(H,26,27). The number of furan rings is 1. The van der Waals surface area contributed by atoms with Crippen LogP contribution in [-0.2, 0) is 4.79 Å². The van der Waals surface area contributed by atoms with Crippen molar-refractivity contribution in [1.29, 1.82) is 5.26 Å². The number of nitrogens with zero attached hydrogens (tertiary/aromatic N) is 3. The van der Waals surface area contributed by atoms with Crippen LogP contribution in [0.4, 0.5) is 5.69 Å². The number of hydrogen-bond donors (Lipinski definition) is 1. The number of amides is 1. The van der Waals surface area contributed by atoms with E-state index in [0.29, 0.717) is 39.1 Å². The quantitative estimate of drug-likeness (QED) is 0.373. The first kappa shape index (κ1) is 19.7. The normalized spacial score (nSPS) is 10.9. The summed E-state index contributed by atoms with van der Waals surface area (Å²) in [6.45, 7) is 3.51. The zero-order chi connectivity index (χ0) is 21.3. The minimum Gasteiger partial charge on any atom is -0.495 e. The molecule has 30 heavy (non-hydrogen) atoms. The van der Waals surface area contributed by atoms with E-state index in [0.717, 1.165) is 16.4 Å². The lowest BCUT2D eigenvalue weighted by molar-refractivity contribution is -0.113. The number of nitrogens with one attached hydrogen (secondary N) is 1. The van der Waals surface area contributed by atoms with Crippen molar-refractivity contribution in [3.05, 3.63) is 53.5 Å². The van der Waals surface area contributed by atoms with Crippen LogP contribution in [0.3, 0.4) is 0 Å². The fourth-order valence-corrected chi connectivity index (χ4v) is 4.13. The summed E-state index contributed by atoms with van der Waals surface area (Å²) in [5, 5.41) is 14.6. The Hall–Kier alpha value is -3.57. The predicted octanol–water partition coefficient (Wildman–Crippen LogP) is 4.60. The Labute approximate surface area is 177 Å². The zero-order valence-corrected chi connectivity index (χ0v) is 17.5. The second kappa shape index (κ2) is 8.05. The molecule has 0 aliphatic rings. The Morgan fingerprint density at radius 3 is 2.77 bits per heavy atom. The van der Waals surface area contributed by atoms with Gasteiger partial charge < -0.3 is 14.5 Å². The summed E-state index contributed by atoms with van der Waals surface area (Å²) in [5.41, 5.74) is 2.94. The lowest BCUT2D eigenvalue weighted by atomic mass is 10.1. The first-order chi connectivity index (χ1) is 14.5. The van der Waals surface area contributed by atoms with Crippen molar-refractivity contribution in [3.63, 3.8) is 0 Å². The van der Waals surface area contributed by atoms with Crippen LogP contribution in [0.25, 0.3) is 21.9 Å². The summed E-state index contributed by atoms with van der Waals surface area (Å²) >= 11 is 1.20. The molecule has 7 nitrogen and oxygen atoms in total. The van der Waals surface area contributed by atoms with Gasteiger partial charge in [0, 0.05) is 16.8 Å². The number of nitriles is 1. The zero-order valence-electron chi connectivity index (χ0n) is 16.6. The summed E-state index contributed by atoms with van der Waals surface area (Å²) in [6, 6.07) is 13.5. The highest BCUT2D eigenvalue weighted by molar-refractivity contribution is 8.00. The predicted molar refractivity (Wildman–Crippen MR) is 116 cm³/mol. The maximum Gasteiger partial charge on any atom is 0.234 e. The van der Waals surface area contributed by atoms with Crippen molar-refractivity contribution < 1.29 is 13.9 Å². The molecule has 2 aromatic carbocycles. The molecule has 0 bridgehead atoms. The SMILES string of the molecule is COc1cc2c(cc1NC(=O)CSc1nc(C)nc(C)c1C#N)oc1ccccc12. The lowest BCUT2D eigenvalue weighted by Gasteiger charge is -2.11. The van der Waals surface area contributed by atoms with Crippen molar-refractivity contribution in [1.82, 2.24) is 9.97 Å². The van der Waals surface area contributed by atoms with E-state index >= 15 is 0 Å². The molecule has 0 saturated heterocycles. The van der Waals surface area contributed by atoms with E-state index < -0.39 is 0 Å². The van der Waals surface area contributed by atoms with Crippen LogP contribution in [0.2, 0.25) is 0 Å². The number of rotatable bonds is 5. The molecule has 0 aliphatic carbocycles. The van der Waals surface area contributed by atoms with Gasteiger partial charge in [0.2, 0.25) is 5.91 Å². The van der Waals surface area contributed by atoms with Gasteiger partial charge in [-0.15, -0.1) is 0 Å². The van der Waals surface area contributed by atoms with Crippen LogP contribution < -0.4 is 10.1 Å². The number of aryl methyl sites for hydroxylation is 2. The molecule has 4 aromatic rings. The van der Waals surface area contributed by atoms with Crippen LogP contribution in [0.15, 0.2) is 45.8 Å². The second-order valence-corrected chi connectivity index (χ2v) is 7.60. The van der Waals surface area contributed by atoms with E-state index in [4.69, 9.17) is 9.15 Å². The molecule has 2 aromatic heterocycles. The van der Waals surface area contributed by atoms with Gasteiger partial charge in [-0.05, 0) is 26.0 Å². The summed E-state index contributed by atoms with van der Waals surface area (Å²) in [6.07, 6.45) is 0. The van der Waals surface area contributed by atoms with Crippen molar-refractivity contribution in [2.24, 2.45) is 0 Å². The van der Waals surface area contributed by atoms with Crippen molar-refractivity contribution in [2.75, 3.05) is 18.2 Å². The first-order valence-corrected chi connectivity index (χ1v) is 10.2. The van der Waals surface area contributed by atoms with Gasteiger partial charge in [0.05, 0.1) is 24.2 Å². The minimum absolute atomic E-state index is 0.0892. The van der Waals surface area contributed by atoms with Crippen LogP contribution in [0, 0.1) is 25.2 Å². The third-order valence-corrected chi connectivity index (χ3v) is 5.57. The smallest absolute Gasteiger partial charge is 0.234 e. The highest BCUT2D eigenvalue weighted by atomic mass is 32.2. The van der Waals surface area contributed by atoms with Gasteiger partial charge in [-0.25, -0.2) is 9.97 Å². The van der Waals surface area contributed by atoms with Crippen molar-refractivity contribution in [2.45, 2.75) is 18.9 Å². The number of carbonyl (C=O) groups is 1. The number of methoxy groups -OCH3 is 1. The molecule has 0 aliphatic heterocycles. The van der Waals surface area contributed by atoms with E-state index in [1.54, 1.807) is 27.0 Å². The third kappa shape index (κ3) is 3.67. The van der Waals surface area contributed by atoms with Gasteiger partial charge in [0.1, 0.15) is 39.4 Å². The number of hydrogen-bond acceptors (Lipinski definition) is 7. The topological polar surface area (TPSA) is 101 Å². The molecule has 0 fully saturated rings.